The molecule has 7 heteroatoms. The largest absolute Gasteiger partial charge is 0.439 e. The van der Waals surface area contributed by atoms with Crippen LogP contribution in [0.5, 0.6) is 0 Å². The number of hydrogen-bond acceptors (Lipinski definition) is 6. The fourth-order valence-electron chi connectivity index (χ4n) is 2.63. The minimum absolute atomic E-state index is 0.292. The van der Waals surface area contributed by atoms with E-state index in [4.69, 9.17) is 4.74 Å². The average molecular weight is 389 g/mol. The second-order valence-corrected chi connectivity index (χ2v) is 7.02. The maximum atomic E-state index is 12.3. The lowest BCUT2D eigenvalue weighted by Crippen LogP contribution is -2.26. The number of ether oxygens (including phenoxy) is 1. The highest BCUT2D eigenvalue weighted by Gasteiger charge is 2.07. The van der Waals surface area contributed by atoms with Gasteiger partial charge in [-0.05, 0) is 35.9 Å². The van der Waals surface area contributed by atoms with Crippen LogP contribution in [0.3, 0.4) is 0 Å². The van der Waals surface area contributed by atoms with Gasteiger partial charge in [0.05, 0.1) is 5.39 Å². The smallest absolute Gasteiger partial charge is 0.332 e. The number of hydrogen-bond donors (Lipinski definition) is 0. The summed E-state index contributed by atoms with van der Waals surface area (Å²) in [5.74, 6) is -0.559. The summed E-state index contributed by atoms with van der Waals surface area (Å²) in [6.45, 7) is -0.292. The highest BCUT2D eigenvalue weighted by molar-refractivity contribution is 7.16. The molecule has 4 aromatic rings. The van der Waals surface area contributed by atoms with Gasteiger partial charge >= 0.3 is 5.97 Å². The van der Waals surface area contributed by atoms with E-state index in [2.05, 4.69) is 10.3 Å². The number of benzene rings is 2. The van der Waals surface area contributed by atoms with Crippen LogP contribution in [0.25, 0.3) is 27.4 Å². The molecule has 6 nitrogen and oxygen atoms in total. The first-order valence-electron chi connectivity index (χ1n) is 8.53. The van der Waals surface area contributed by atoms with Crippen LogP contribution in [0, 0.1) is 0 Å². The number of aromatic nitrogens is 3. The van der Waals surface area contributed by atoms with Crippen LogP contribution in [0.4, 0.5) is 0 Å². The van der Waals surface area contributed by atoms with Crippen molar-refractivity contribution in [1.29, 1.82) is 0 Å². The zero-order valence-corrected chi connectivity index (χ0v) is 15.5. The minimum Gasteiger partial charge on any atom is -0.439 e. The summed E-state index contributed by atoms with van der Waals surface area (Å²) in [5, 5.41) is 8.17. The second kappa shape index (κ2) is 7.98. The number of carbonyl (C=O) groups excluding carboxylic acids is 1. The van der Waals surface area contributed by atoms with Gasteiger partial charge in [-0.2, -0.15) is 4.68 Å². The van der Waals surface area contributed by atoms with Crippen molar-refractivity contribution in [2.45, 2.75) is 6.73 Å². The molecule has 0 amide bonds. The molecule has 0 spiro atoms. The molecule has 0 N–H and O–H groups in total. The first kappa shape index (κ1) is 17.8. The van der Waals surface area contributed by atoms with Crippen molar-refractivity contribution in [3.8, 4) is 10.4 Å². The summed E-state index contributed by atoms with van der Waals surface area (Å²) in [6.07, 6.45) is 3.02. The number of carbonyl (C=O) groups is 1. The summed E-state index contributed by atoms with van der Waals surface area (Å²) >= 11 is 1.57. The molecule has 0 unspecified atom stereocenters. The Bertz CT molecular complexity index is 1210. The Kier molecular flexibility index (Phi) is 5.07. The molecular weight excluding hydrogens is 374 g/mol. The van der Waals surface area contributed by atoms with E-state index in [1.165, 1.54) is 6.08 Å². The van der Waals surface area contributed by atoms with E-state index in [0.717, 1.165) is 20.0 Å². The molecule has 0 saturated carbocycles. The maximum absolute atomic E-state index is 12.3. The van der Waals surface area contributed by atoms with Gasteiger partial charge in [0, 0.05) is 15.8 Å². The van der Waals surface area contributed by atoms with Crippen molar-refractivity contribution in [2.24, 2.45) is 0 Å². The summed E-state index contributed by atoms with van der Waals surface area (Å²) < 4.78 is 6.13. The molecule has 0 aliphatic rings. The lowest BCUT2D eigenvalue weighted by molar-refractivity contribution is -0.141. The average Bonchev–Trinajstić information content (AvgIpc) is 3.22. The third-order valence-corrected chi connectivity index (χ3v) is 5.13. The van der Waals surface area contributed by atoms with Crippen LogP contribution in [-0.4, -0.2) is 21.0 Å². The van der Waals surface area contributed by atoms with E-state index in [0.29, 0.717) is 10.9 Å². The predicted octanol–water partition coefficient (Wildman–Crippen LogP) is 3.73. The van der Waals surface area contributed by atoms with Crippen molar-refractivity contribution >= 4 is 34.3 Å². The molecule has 28 heavy (non-hydrogen) atoms. The van der Waals surface area contributed by atoms with Crippen molar-refractivity contribution in [1.82, 2.24) is 15.0 Å². The van der Waals surface area contributed by atoms with Gasteiger partial charge in [-0.25, -0.2) is 4.79 Å². The fraction of sp³-hybridized carbons (Fsp3) is 0.0476. The Balaban J connectivity index is 1.41. The van der Waals surface area contributed by atoms with E-state index < -0.39 is 5.97 Å². The number of nitrogens with zero attached hydrogens (tertiary/aromatic N) is 3. The van der Waals surface area contributed by atoms with E-state index in [1.807, 2.05) is 42.5 Å². The van der Waals surface area contributed by atoms with Crippen LogP contribution < -0.4 is 5.56 Å². The molecular formula is C21H15N3O3S. The number of rotatable bonds is 5. The van der Waals surface area contributed by atoms with Crippen LogP contribution in [0.2, 0.25) is 0 Å². The molecule has 2 aromatic heterocycles. The molecule has 0 saturated heterocycles. The molecule has 0 fully saturated rings. The molecule has 138 valence electrons. The Hall–Kier alpha value is -3.58. The molecule has 4 rings (SSSR count). The summed E-state index contributed by atoms with van der Waals surface area (Å²) in [4.78, 5) is 26.3. The molecule has 0 aliphatic heterocycles. The molecule has 2 aromatic carbocycles. The normalized spacial score (nSPS) is 11.1. The lowest BCUT2D eigenvalue weighted by atomic mass is 10.2. The van der Waals surface area contributed by atoms with Gasteiger partial charge in [0.15, 0.2) is 6.73 Å². The van der Waals surface area contributed by atoms with Gasteiger partial charge in [0.25, 0.3) is 5.56 Å². The van der Waals surface area contributed by atoms with Gasteiger partial charge in [-0.15, -0.1) is 16.4 Å². The van der Waals surface area contributed by atoms with Crippen LogP contribution >= 0.6 is 11.3 Å². The van der Waals surface area contributed by atoms with Gasteiger partial charge in [-0.3, -0.25) is 4.79 Å². The number of fused-ring (bicyclic) bond motifs is 1. The zero-order chi connectivity index (χ0) is 19.3. The third kappa shape index (κ3) is 3.89. The van der Waals surface area contributed by atoms with Crippen molar-refractivity contribution in [3.63, 3.8) is 0 Å². The highest BCUT2D eigenvalue weighted by atomic mass is 32.1. The van der Waals surface area contributed by atoms with Crippen molar-refractivity contribution < 1.29 is 9.53 Å². The van der Waals surface area contributed by atoms with Gasteiger partial charge in [0.1, 0.15) is 5.52 Å². The predicted molar refractivity (Wildman–Crippen MR) is 109 cm³/mol. The van der Waals surface area contributed by atoms with E-state index >= 15 is 0 Å². The minimum atomic E-state index is -0.559. The van der Waals surface area contributed by atoms with E-state index in [9.17, 15) is 9.59 Å². The Morgan fingerprint density at radius 3 is 2.68 bits per heavy atom. The second-order valence-electron chi connectivity index (χ2n) is 5.91. The van der Waals surface area contributed by atoms with Crippen molar-refractivity contribution in [2.75, 3.05) is 0 Å². The number of thiophene rings is 1. The quantitative estimate of drug-likeness (QED) is 0.384. The number of esters is 1. The first-order valence-corrected chi connectivity index (χ1v) is 9.35. The molecule has 0 bridgehead atoms. The van der Waals surface area contributed by atoms with Gasteiger partial charge < -0.3 is 4.74 Å². The molecule has 0 aliphatic carbocycles. The monoisotopic (exact) mass is 389 g/mol. The molecule has 0 atom stereocenters. The Labute approximate surface area is 164 Å². The van der Waals surface area contributed by atoms with Crippen LogP contribution in [0.15, 0.2) is 77.6 Å². The van der Waals surface area contributed by atoms with E-state index in [-0.39, 0.29) is 12.3 Å². The lowest BCUT2D eigenvalue weighted by Gasteiger charge is -2.04. The topological polar surface area (TPSA) is 74.1 Å². The summed E-state index contributed by atoms with van der Waals surface area (Å²) in [5.41, 5.74) is 1.28. The van der Waals surface area contributed by atoms with Gasteiger partial charge in [-0.1, -0.05) is 47.7 Å². The van der Waals surface area contributed by atoms with E-state index in [1.54, 1.807) is 41.7 Å². The zero-order valence-electron chi connectivity index (χ0n) is 14.7. The van der Waals surface area contributed by atoms with Crippen LogP contribution in [0.1, 0.15) is 4.88 Å². The molecule has 0 radical (unpaired) electrons. The van der Waals surface area contributed by atoms with Crippen molar-refractivity contribution in [3.05, 3.63) is 88.0 Å². The summed E-state index contributed by atoms with van der Waals surface area (Å²) in [6, 6.07) is 20.9. The first-order chi connectivity index (χ1) is 13.7. The van der Waals surface area contributed by atoms with Gasteiger partial charge in [0.2, 0.25) is 0 Å². The summed E-state index contributed by atoms with van der Waals surface area (Å²) in [7, 11) is 0. The Morgan fingerprint density at radius 2 is 1.82 bits per heavy atom. The maximum Gasteiger partial charge on any atom is 0.332 e. The highest BCUT2D eigenvalue weighted by Crippen LogP contribution is 2.28. The third-order valence-electron chi connectivity index (χ3n) is 4.03. The fourth-order valence-corrected chi connectivity index (χ4v) is 3.55. The molecule has 2 heterocycles. The standard InChI is InChI=1S/C21H15N3O3S/c25-20(13-11-16-10-12-19(28-16)15-6-2-1-3-7-15)27-14-24-21(26)17-8-4-5-9-18(17)22-23-24/h1-13H,14H2/b13-11+. The SMILES string of the molecule is O=C(/C=C/c1ccc(-c2ccccc2)s1)OCn1nnc2ccccc2c1=O. The Morgan fingerprint density at radius 1 is 1.04 bits per heavy atom. The van der Waals surface area contributed by atoms with Crippen LogP contribution in [-0.2, 0) is 16.3 Å².